The summed E-state index contributed by atoms with van der Waals surface area (Å²) in [6, 6.07) is 8.84. The summed E-state index contributed by atoms with van der Waals surface area (Å²) < 4.78 is 0. The number of guanidine groups is 1. The Bertz CT molecular complexity index is 675. The molecule has 1 heterocycles. The van der Waals surface area contributed by atoms with Gasteiger partial charge in [-0.3, -0.25) is 9.69 Å². The highest BCUT2D eigenvalue weighted by atomic mass is 127. The minimum absolute atomic E-state index is 0. The Labute approximate surface area is 198 Å². The van der Waals surface area contributed by atoms with E-state index in [4.69, 9.17) is 0 Å². The fourth-order valence-electron chi connectivity index (χ4n) is 3.81. The molecule has 3 rings (SSSR count). The molecule has 30 heavy (non-hydrogen) atoms. The molecule has 1 unspecified atom stereocenters. The standard InChI is InChI=1S/C23H37N5O.HI/c1-3-24-23(26-13-12-25-22(29)21-10-11-21)27-15-19-6-8-20(9-7-19)17-28-14-4-5-18(2)16-28;/h6-9,18,21H,3-5,10-17H2,1-2H3,(H,25,29)(H2,24,26,27);1H. The van der Waals surface area contributed by atoms with Crippen LogP contribution >= 0.6 is 24.0 Å². The third kappa shape index (κ3) is 8.79. The number of hydrogen-bond donors (Lipinski definition) is 3. The zero-order valence-corrected chi connectivity index (χ0v) is 20.8. The van der Waals surface area contributed by atoms with Crippen molar-refractivity contribution in [2.45, 2.75) is 52.6 Å². The molecule has 1 saturated heterocycles. The Morgan fingerprint density at radius 3 is 2.43 bits per heavy atom. The molecule has 1 aliphatic heterocycles. The van der Waals surface area contributed by atoms with Crippen LogP contribution in [0, 0.1) is 11.8 Å². The minimum atomic E-state index is 0. The fraction of sp³-hybridized carbons (Fsp3) is 0.652. The van der Waals surface area contributed by atoms with Crippen LogP contribution in [0.25, 0.3) is 0 Å². The Hall–Kier alpha value is -1.35. The van der Waals surface area contributed by atoms with E-state index in [1.54, 1.807) is 0 Å². The van der Waals surface area contributed by atoms with E-state index in [9.17, 15) is 4.79 Å². The number of amides is 1. The molecular formula is C23H38IN5O. The van der Waals surface area contributed by atoms with E-state index in [2.05, 4.69) is 64.0 Å². The summed E-state index contributed by atoms with van der Waals surface area (Å²) in [5.74, 6) is 2.06. The number of nitrogens with one attached hydrogen (secondary N) is 3. The Morgan fingerprint density at radius 1 is 1.07 bits per heavy atom. The van der Waals surface area contributed by atoms with Gasteiger partial charge in [0.2, 0.25) is 5.91 Å². The van der Waals surface area contributed by atoms with Crippen molar-refractivity contribution in [1.82, 2.24) is 20.9 Å². The molecule has 168 valence electrons. The molecule has 0 aromatic heterocycles. The van der Waals surface area contributed by atoms with E-state index in [1.807, 2.05) is 0 Å². The molecule has 7 heteroatoms. The summed E-state index contributed by atoms with van der Waals surface area (Å²) >= 11 is 0. The number of nitrogens with zero attached hydrogens (tertiary/aromatic N) is 2. The molecular weight excluding hydrogens is 489 g/mol. The van der Waals surface area contributed by atoms with Gasteiger partial charge in [-0.1, -0.05) is 31.2 Å². The predicted molar refractivity (Wildman–Crippen MR) is 134 cm³/mol. The number of carbonyl (C=O) groups excluding carboxylic acids is 1. The molecule has 6 nitrogen and oxygen atoms in total. The molecule has 0 spiro atoms. The normalized spacial score (nSPS) is 19.7. The van der Waals surface area contributed by atoms with E-state index in [1.165, 1.54) is 37.1 Å². The lowest BCUT2D eigenvalue weighted by Gasteiger charge is -2.30. The molecule has 1 aliphatic carbocycles. The van der Waals surface area contributed by atoms with Gasteiger partial charge < -0.3 is 16.0 Å². The minimum Gasteiger partial charge on any atom is -0.357 e. The van der Waals surface area contributed by atoms with Crippen molar-refractivity contribution in [3.8, 4) is 0 Å². The molecule has 0 radical (unpaired) electrons. The second-order valence-electron chi connectivity index (χ2n) is 8.49. The Kier molecular flexibility index (Phi) is 10.9. The third-order valence-electron chi connectivity index (χ3n) is 5.60. The fourth-order valence-corrected chi connectivity index (χ4v) is 3.81. The predicted octanol–water partition coefficient (Wildman–Crippen LogP) is 3.12. The van der Waals surface area contributed by atoms with Crippen molar-refractivity contribution < 1.29 is 4.79 Å². The van der Waals surface area contributed by atoms with E-state index < -0.39 is 0 Å². The number of carbonyl (C=O) groups is 1. The van der Waals surface area contributed by atoms with Crippen LogP contribution in [-0.4, -0.2) is 49.5 Å². The van der Waals surface area contributed by atoms with Gasteiger partial charge >= 0.3 is 0 Å². The van der Waals surface area contributed by atoms with Crippen molar-refractivity contribution in [1.29, 1.82) is 0 Å². The van der Waals surface area contributed by atoms with Crippen LogP contribution in [0.2, 0.25) is 0 Å². The molecule has 1 aromatic rings. The largest absolute Gasteiger partial charge is 0.357 e. The van der Waals surface area contributed by atoms with Crippen LogP contribution in [0.3, 0.4) is 0 Å². The lowest BCUT2D eigenvalue weighted by molar-refractivity contribution is -0.122. The number of hydrogen-bond acceptors (Lipinski definition) is 3. The summed E-state index contributed by atoms with van der Waals surface area (Å²) in [6.45, 7) is 10.6. The zero-order valence-electron chi connectivity index (χ0n) is 18.5. The highest BCUT2D eigenvalue weighted by Crippen LogP contribution is 2.28. The Balaban J connectivity index is 0.00000320. The molecule has 1 aromatic carbocycles. The zero-order chi connectivity index (χ0) is 20.5. The second kappa shape index (κ2) is 13.1. The molecule has 1 saturated carbocycles. The summed E-state index contributed by atoms with van der Waals surface area (Å²) in [7, 11) is 0. The van der Waals surface area contributed by atoms with Crippen molar-refractivity contribution in [2.24, 2.45) is 16.8 Å². The van der Waals surface area contributed by atoms with Gasteiger partial charge in [-0.25, -0.2) is 4.99 Å². The van der Waals surface area contributed by atoms with Crippen molar-refractivity contribution in [3.05, 3.63) is 35.4 Å². The van der Waals surface area contributed by atoms with E-state index in [0.717, 1.165) is 37.8 Å². The highest BCUT2D eigenvalue weighted by molar-refractivity contribution is 14.0. The molecule has 1 atom stereocenters. The molecule has 0 bridgehead atoms. The lowest BCUT2D eigenvalue weighted by Crippen LogP contribution is -2.41. The second-order valence-corrected chi connectivity index (χ2v) is 8.49. The average molecular weight is 527 g/mol. The number of aliphatic imine (C=N–C) groups is 1. The first kappa shape index (κ1) is 24.9. The van der Waals surface area contributed by atoms with Crippen LogP contribution in [-0.2, 0) is 17.9 Å². The first-order valence-corrected chi connectivity index (χ1v) is 11.2. The summed E-state index contributed by atoms with van der Waals surface area (Å²) in [6.07, 6.45) is 4.76. The van der Waals surface area contributed by atoms with Gasteiger partial charge in [-0.2, -0.15) is 0 Å². The number of benzene rings is 1. The number of likely N-dealkylation sites (tertiary alicyclic amines) is 1. The monoisotopic (exact) mass is 527 g/mol. The summed E-state index contributed by atoms with van der Waals surface area (Å²) in [4.78, 5) is 18.9. The van der Waals surface area contributed by atoms with Gasteiger partial charge in [0.1, 0.15) is 0 Å². The third-order valence-corrected chi connectivity index (χ3v) is 5.60. The number of rotatable bonds is 9. The maximum atomic E-state index is 11.7. The lowest BCUT2D eigenvalue weighted by atomic mass is 9.99. The quantitative estimate of drug-likeness (QED) is 0.200. The maximum absolute atomic E-state index is 11.7. The number of halogens is 1. The smallest absolute Gasteiger partial charge is 0.223 e. The Morgan fingerprint density at radius 2 is 1.77 bits per heavy atom. The van der Waals surface area contributed by atoms with Gasteiger partial charge in [0.15, 0.2) is 5.96 Å². The maximum Gasteiger partial charge on any atom is 0.223 e. The SMILES string of the molecule is CCNC(=NCc1ccc(CN2CCCC(C)C2)cc1)NCCNC(=O)C1CC1.I. The van der Waals surface area contributed by atoms with E-state index >= 15 is 0 Å². The highest BCUT2D eigenvalue weighted by Gasteiger charge is 2.28. The van der Waals surface area contributed by atoms with Crippen molar-refractivity contribution in [3.63, 3.8) is 0 Å². The first-order chi connectivity index (χ1) is 14.1. The number of piperidine rings is 1. The topological polar surface area (TPSA) is 68.8 Å². The van der Waals surface area contributed by atoms with Gasteiger partial charge in [0.25, 0.3) is 0 Å². The van der Waals surface area contributed by atoms with Crippen LogP contribution < -0.4 is 16.0 Å². The van der Waals surface area contributed by atoms with Crippen molar-refractivity contribution >= 4 is 35.8 Å². The summed E-state index contributed by atoms with van der Waals surface area (Å²) in [5, 5.41) is 9.53. The van der Waals surface area contributed by atoms with Gasteiger partial charge in [0, 0.05) is 38.6 Å². The molecule has 2 aliphatic rings. The van der Waals surface area contributed by atoms with Crippen molar-refractivity contribution in [2.75, 3.05) is 32.7 Å². The molecule has 3 N–H and O–H groups in total. The van der Waals surface area contributed by atoms with Gasteiger partial charge in [0.05, 0.1) is 6.54 Å². The first-order valence-electron chi connectivity index (χ1n) is 11.2. The van der Waals surface area contributed by atoms with E-state index in [0.29, 0.717) is 19.6 Å². The van der Waals surface area contributed by atoms with Crippen LogP contribution in [0.5, 0.6) is 0 Å². The molecule has 1 amide bonds. The van der Waals surface area contributed by atoms with Crippen LogP contribution in [0.1, 0.15) is 50.7 Å². The van der Waals surface area contributed by atoms with Gasteiger partial charge in [-0.05, 0) is 56.2 Å². The van der Waals surface area contributed by atoms with Crippen LogP contribution in [0.15, 0.2) is 29.3 Å². The average Bonchev–Trinajstić information content (AvgIpc) is 3.56. The van der Waals surface area contributed by atoms with Gasteiger partial charge in [-0.15, -0.1) is 24.0 Å². The van der Waals surface area contributed by atoms with Crippen LogP contribution in [0.4, 0.5) is 0 Å². The summed E-state index contributed by atoms with van der Waals surface area (Å²) in [5.41, 5.74) is 2.59. The van der Waals surface area contributed by atoms with E-state index in [-0.39, 0.29) is 35.8 Å². The molecule has 2 fully saturated rings.